The van der Waals surface area contributed by atoms with E-state index in [0.717, 1.165) is 37.2 Å². The third kappa shape index (κ3) is 6.33. The third-order valence-corrected chi connectivity index (χ3v) is 7.58. The number of hydrogen-bond acceptors (Lipinski definition) is 5. The van der Waals surface area contributed by atoms with E-state index in [1.807, 2.05) is 35.8 Å². The molecule has 2 aliphatic heterocycles. The molecule has 0 aromatic heterocycles. The molecule has 0 N–H and O–H groups in total. The Morgan fingerprint density at radius 1 is 1.00 bits per heavy atom. The summed E-state index contributed by atoms with van der Waals surface area (Å²) in [7, 11) is 1.71. The molecular formula is C30H41N3O4. The monoisotopic (exact) mass is 507 g/mol. The SMILES string of the molecule is CCC(=O)N1CCc2ccc(O[C@@H](CC)C(=O)N3CCN(CCOC)CC3)cc2[C@@H]1c1ccc(C)cc1. The number of piperazine rings is 1. The maximum absolute atomic E-state index is 13.3. The molecule has 0 bridgehead atoms. The molecule has 2 heterocycles. The van der Waals surface area contributed by atoms with E-state index >= 15 is 0 Å². The molecule has 7 nitrogen and oxygen atoms in total. The van der Waals surface area contributed by atoms with Crippen molar-refractivity contribution in [3.8, 4) is 5.75 Å². The van der Waals surface area contributed by atoms with Crippen molar-refractivity contribution < 1.29 is 19.1 Å². The van der Waals surface area contributed by atoms with Gasteiger partial charge in [-0.15, -0.1) is 0 Å². The largest absolute Gasteiger partial charge is 0.481 e. The highest BCUT2D eigenvalue weighted by Crippen LogP contribution is 2.38. The number of hydrogen-bond donors (Lipinski definition) is 0. The zero-order valence-electron chi connectivity index (χ0n) is 22.7. The van der Waals surface area contributed by atoms with Gasteiger partial charge in [0.15, 0.2) is 6.10 Å². The van der Waals surface area contributed by atoms with Crippen LogP contribution in [0.1, 0.15) is 55.0 Å². The lowest BCUT2D eigenvalue weighted by atomic mass is 9.87. The molecule has 200 valence electrons. The van der Waals surface area contributed by atoms with Crippen molar-refractivity contribution in [2.75, 3.05) is 53.0 Å². The van der Waals surface area contributed by atoms with Gasteiger partial charge in [0, 0.05) is 52.8 Å². The van der Waals surface area contributed by atoms with Crippen LogP contribution in [-0.4, -0.2) is 85.6 Å². The molecule has 2 aromatic carbocycles. The molecule has 37 heavy (non-hydrogen) atoms. The smallest absolute Gasteiger partial charge is 0.263 e. The van der Waals surface area contributed by atoms with Crippen molar-refractivity contribution in [1.82, 2.24) is 14.7 Å². The summed E-state index contributed by atoms with van der Waals surface area (Å²) in [6.45, 7) is 11.4. The molecule has 0 aliphatic carbocycles. The molecule has 2 aliphatic rings. The minimum absolute atomic E-state index is 0.0458. The first-order valence-corrected chi connectivity index (χ1v) is 13.6. The van der Waals surface area contributed by atoms with Crippen LogP contribution in [0.2, 0.25) is 0 Å². The van der Waals surface area contributed by atoms with Crippen molar-refractivity contribution in [3.05, 3.63) is 64.7 Å². The fraction of sp³-hybridized carbons (Fsp3) is 0.533. The Kier molecular flexibility index (Phi) is 9.22. The lowest BCUT2D eigenvalue weighted by Crippen LogP contribution is -2.52. The summed E-state index contributed by atoms with van der Waals surface area (Å²) < 4.78 is 11.5. The molecule has 4 rings (SSSR count). The Labute approximate surface area is 221 Å². The number of ether oxygens (including phenoxy) is 2. The van der Waals surface area contributed by atoms with Gasteiger partial charge in [0.2, 0.25) is 5.91 Å². The molecule has 2 amide bonds. The average Bonchev–Trinajstić information content (AvgIpc) is 2.94. The maximum Gasteiger partial charge on any atom is 0.263 e. The number of nitrogens with zero attached hydrogens (tertiary/aromatic N) is 3. The molecule has 7 heteroatoms. The first-order valence-electron chi connectivity index (χ1n) is 13.6. The fourth-order valence-electron chi connectivity index (χ4n) is 5.33. The summed E-state index contributed by atoms with van der Waals surface area (Å²) in [4.78, 5) is 32.5. The number of carbonyl (C=O) groups excluding carboxylic acids is 2. The number of amides is 2. The zero-order valence-corrected chi connectivity index (χ0v) is 22.7. The van der Waals surface area contributed by atoms with Crippen LogP contribution in [-0.2, 0) is 20.7 Å². The van der Waals surface area contributed by atoms with E-state index in [0.29, 0.717) is 44.8 Å². The van der Waals surface area contributed by atoms with Crippen molar-refractivity contribution in [3.63, 3.8) is 0 Å². The normalized spacial score (nSPS) is 18.9. The van der Waals surface area contributed by atoms with E-state index in [-0.39, 0.29) is 17.9 Å². The summed E-state index contributed by atoms with van der Waals surface area (Å²) in [5.74, 6) is 0.874. The Bertz CT molecular complexity index is 1060. The van der Waals surface area contributed by atoms with Gasteiger partial charge in [0.1, 0.15) is 5.75 Å². The number of benzene rings is 2. The van der Waals surface area contributed by atoms with Gasteiger partial charge in [-0.3, -0.25) is 14.5 Å². The van der Waals surface area contributed by atoms with Gasteiger partial charge < -0.3 is 19.3 Å². The van der Waals surface area contributed by atoms with E-state index in [1.54, 1.807) is 7.11 Å². The first kappa shape index (κ1) is 27.1. The quantitative estimate of drug-likeness (QED) is 0.516. The number of rotatable bonds is 9. The molecule has 0 saturated carbocycles. The van der Waals surface area contributed by atoms with Gasteiger partial charge in [-0.1, -0.05) is 49.7 Å². The van der Waals surface area contributed by atoms with Crippen molar-refractivity contribution in [1.29, 1.82) is 0 Å². The van der Waals surface area contributed by atoms with Crippen LogP contribution in [0.25, 0.3) is 0 Å². The van der Waals surface area contributed by atoms with Crippen molar-refractivity contribution in [2.24, 2.45) is 0 Å². The molecular weight excluding hydrogens is 466 g/mol. The summed E-state index contributed by atoms with van der Waals surface area (Å²) in [5.41, 5.74) is 4.60. The number of fused-ring (bicyclic) bond motifs is 1. The summed E-state index contributed by atoms with van der Waals surface area (Å²) >= 11 is 0. The first-order chi connectivity index (χ1) is 17.9. The lowest BCUT2D eigenvalue weighted by molar-refractivity contribution is -0.140. The number of carbonyl (C=O) groups is 2. The predicted molar refractivity (Wildman–Crippen MR) is 145 cm³/mol. The molecule has 0 radical (unpaired) electrons. The molecule has 2 aromatic rings. The Balaban J connectivity index is 1.53. The number of methoxy groups -OCH3 is 1. The van der Waals surface area contributed by atoms with Crippen molar-refractivity contribution >= 4 is 11.8 Å². The average molecular weight is 508 g/mol. The van der Waals surface area contributed by atoms with Crippen LogP contribution in [0, 0.1) is 6.92 Å². The van der Waals surface area contributed by atoms with Crippen LogP contribution < -0.4 is 4.74 Å². The van der Waals surface area contributed by atoms with Crippen LogP contribution in [0.5, 0.6) is 5.75 Å². The molecule has 0 unspecified atom stereocenters. The van der Waals surface area contributed by atoms with Gasteiger partial charge >= 0.3 is 0 Å². The predicted octanol–water partition coefficient (Wildman–Crippen LogP) is 3.83. The molecule has 0 spiro atoms. The summed E-state index contributed by atoms with van der Waals surface area (Å²) in [5, 5.41) is 0. The van der Waals surface area contributed by atoms with Crippen LogP contribution in [0.3, 0.4) is 0 Å². The van der Waals surface area contributed by atoms with E-state index in [2.05, 4.69) is 42.2 Å². The highest BCUT2D eigenvalue weighted by molar-refractivity contribution is 5.81. The second kappa shape index (κ2) is 12.6. The third-order valence-electron chi connectivity index (χ3n) is 7.58. The van der Waals surface area contributed by atoms with E-state index in [9.17, 15) is 9.59 Å². The van der Waals surface area contributed by atoms with E-state index < -0.39 is 6.10 Å². The Morgan fingerprint density at radius 2 is 1.73 bits per heavy atom. The summed E-state index contributed by atoms with van der Waals surface area (Å²) in [6.07, 6.45) is 1.35. The maximum atomic E-state index is 13.3. The van der Waals surface area contributed by atoms with Crippen LogP contribution >= 0.6 is 0 Å². The van der Waals surface area contributed by atoms with Gasteiger partial charge in [0.05, 0.1) is 12.6 Å². The van der Waals surface area contributed by atoms with Crippen LogP contribution in [0.15, 0.2) is 42.5 Å². The van der Waals surface area contributed by atoms with Gasteiger partial charge in [-0.25, -0.2) is 0 Å². The Morgan fingerprint density at radius 3 is 2.38 bits per heavy atom. The molecule has 2 atom stereocenters. The standard InChI is InChI=1S/C30H41N3O4/c1-5-27(30(35)32-17-15-31(16-18-32)19-20-36-4)37-25-12-11-23-13-14-33(28(34)6-2)29(26(23)21-25)24-9-7-22(3)8-10-24/h7-12,21,27,29H,5-6,13-20H2,1-4H3/t27-,29-/m0/s1. The van der Waals surface area contributed by atoms with E-state index in [4.69, 9.17) is 9.47 Å². The second-order valence-corrected chi connectivity index (χ2v) is 10.0. The van der Waals surface area contributed by atoms with Gasteiger partial charge in [-0.2, -0.15) is 0 Å². The highest BCUT2D eigenvalue weighted by atomic mass is 16.5. The zero-order chi connectivity index (χ0) is 26.4. The van der Waals surface area contributed by atoms with Gasteiger partial charge in [-0.05, 0) is 48.6 Å². The topological polar surface area (TPSA) is 62.3 Å². The van der Waals surface area contributed by atoms with Gasteiger partial charge in [0.25, 0.3) is 5.91 Å². The summed E-state index contributed by atoms with van der Waals surface area (Å²) in [6, 6.07) is 14.4. The molecule has 1 fully saturated rings. The fourth-order valence-corrected chi connectivity index (χ4v) is 5.33. The number of aryl methyl sites for hydroxylation is 1. The highest BCUT2D eigenvalue weighted by Gasteiger charge is 2.33. The van der Waals surface area contributed by atoms with Crippen molar-refractivity contribution in [2.45, 2.75) is 52.2 Å². The van der Waals surface area contributed by atoms with E-state index in [1.165, 1.54) is 11.1 Å². The van der Waals surface area contributed by atoms with Crippen LogP contribution in [0.4, 0.5) is 0 Å². The minimum atomic E-state index is -0.529. The lowest BCUT2D eigenvalue weighted by Gasteiger charge is -2.38. The molecule has 1 saturated heterocycles. The Hall–Kier alpha value is -2.90. The minimum Gasteiger partial charge on any atom is -0.481 e. The second-order valence-electron chi connectivity index (χ2n) is 10.0.